The molecule has 0 heterocycles. The Balaban J connectivity index is 0.000000240. The standard InChI is InChI=1S/C9H10O4.C7H8/c1-6(9(11)12)13-8-4-2-7(10)3-5-8;1-7-5-3-2-4-6-7/h2-6,10H,1H3,(H,11,12);2-6H,1H3. The molecule has 0 aromatic heterocycles. The topological polar surface area (TPSA) is 66.8 Å². The molecule has 2 aromatic rings. The molecule has 1 unspecified atom stereocenters. The summed E-state index contributed by atoms with van der Waals surface area (Å²) in [5.41, 5.74) is 1.32. The summed E-state index contributed by atoms with van der Waals surface area (Å²) >= 11 is 0. The summed E-state index contributed by atoms with van der Waals surface area (Å²) in [5, 5.41) is 17.5. The molecule has 0 radical (unpaired) electrons. The van der Waals surface area contributed by atoms with Crippen LogP contribution in [-0.4, -0.2) is 22.3 Å². The van der Waals surface area contributed by atoms with Crippen LogP contribution in [0.5, 0.6) is 11.5 Å². The van der Waals surface area contributed by atoms with Crippen LogP contribution >= 0.6 is 0 Å². The van der Waals surface area contributed by atoms with Crippen molar-refractivity contribution in [3.05, 3.63) is 60.2 Å². The van der Waals surface area contributed by atoms with Gasteiger partial charge in [0.25, 0.3) is 0 Å². The van der Waals surface area contributed by atoms with E-state index in [9.17, 15) is 4.79 Å². The van der Waals surface area contributed by atoms with E-state index in [0.29, 0.717) is 5.75 Å². The molecule has 106 valence electrons. The molecule has 0 aliphatic heterocycles. The highest BCUT2D eigenvalue weighted by Gasteiger charge is 2.11. The van der Waals surface area contributed by atoms with E-state index >= 15 is 0 Å². The van der Waals surface area contributed by atoms with Crippen molar-refractivity contribution < 1.29 is 19.7 Å². The zero-order valence-electron chi connectivity index (χ0n) is 11.5. The number of hydrogen-bond acceptors (Lipinski definition) is 3. The van der Waals surface area contributed by atoms with Gasteiger partial charge in [0.05, 0.1) is 0 Å². The number of hydrogen-bond donors (Lipinski definition) is 2. The Morgan fingerprint density at radius 2 is 1.60 bits per heavy atom. The van der Waals surface area contributed by atoms with Crippen molar-refractivity contribution in [3.8, 4) is 11.5 Å². The molecular formula is C16H18O4. The van der Waals surface area contributed by atoms with Gasteiger partial charge in [0, 0.05) is 0 Å². The Hall–Kier alpha value is -2.49. The van der Waals surface area contributed by atoms with Gasteiger partial charge in [-0.15, -0.1) is 0 Å². The van der Waals surface area contributed by atoms with Gasteiger partial charge >= 0.3 is 5.97 Å². The average molecular weight is 274 g/mol. The van der Waals surface area contributed by atoms with Crippen molar-refractivity contribution in [3.63, 3.8) is 0 Å². The number of aromatic hydroxyl groups is 1. The fourth-order valence-electron chi connectivity index (χ4n) is 1.31. The van der Waals surface area contributed by atoms with E-state index in [1.807, 2.05) is 18.2 Å². The van der Waals surface area contributed by atoms with E-state index in [4.69, 9.17) is 14.9 Å². The number of aliphatic carboxylic acids is 1. The number of carbonyl (C=O) groups is 1. The molecule has 0 aliphatic rings. The van der Waals surface area contributed by atoms with Crippen LogP contribution in [0.2, 0.25) is 0 Å². The van der Waals surface area contributed by atoms with Crippen LogP contribution in [0.3, 0.4) is 0 Å². The summed E-state index contributed by atoms with van der Waals surface area (Å²) in [6.45, 7) is 3.52. The number of aryl methyl sites for hydroxylation is 1. The van der Waals surface area contributed by atoms with Crippen molar-refractivity contribution >= 4 is 5.97 Å². The molecule has 0 amide bonds. The summed E-state index contributed by atoms with van der Waals surface area (Å²) < 4.78 is 5.02. The first kappa shape index (κ1) is 15.6. The summed E-state index contributed by atoms with van der Waals surface area (Å²) in [6, 6.07) is 16.1. The monoisotopic (exact) mass is 274 g/mol. The molecule has 2 aromatic carbocycles. The second kappa shape index (κ2) is 7.84. The highest BCUT2D eigenvalue weighted by molar-refractivity contribution is 5.72. The number of carboxylic acids is 1. The van der Waals surface area contributed by atoms with E-state index in [0.717, 1.165) is 0 Å². The normalized spacial score (nSPS) is 10.9. The van der Waals surface area contributed by atoms with Crippen LogP contribution in [0.15, 0.2) is 54.6 Å². The van der Waals surface area contributed by atoms with Crippen molar-refractivity contribution in [1.29, 1.82) is 0 Å². The highest BCUT2D eigenvalue weighted by atomic mass is 16.5. The van der Waals surface area contributed by atoms with Crippen molar-refractivity contribution in [2.45, 2.75) is 20.0 Å². The second-order valence-electron chi connectivity index (χ2n) is 4.25. The molecule has 1 atom stereocenters. The third-order valence-electron chi connectivity index (χ3n) is 2.44. The maximum Gasteiger partial charge on any atom is 0.344 e. The molecule has 0 saturated carbocycles. The fourth-order valence-corrected chi connectivity index (χ4v) is 1.31. The number of rotatable bonds is 3. The Bertz CT molecular complexity index is 520. The van der Waals surface area contributed by atoms with E-state index in [1.165, 1.54) is 36.8 Å². The van der Waals surface area contributed by atoms with Crippen LogP contribution in [0, 0.1) is 6.92 Å². The smallest absolute Gasteiger partial charge is 0.344 e. The quantitative estimate of drug-likeness (QED) is 0.901. The third kappa shape index (κ3) is 5.91. The third-order valence-corrected chi connectivity index (χ3v) is 2.44. The van der Waals surface area contributed by atoms with Gasteiger partial charge in [0.2, 0.25) is 0 Å². The minimum Gasteiger partial charge on any atom is -0.508 e. The number of benzene rings is 2. The number of phenolic OH excluding ortho intramolecular Hbond substituents is 1. The van der Waals surface area contributed by atoms with Gasteiger partial charge in [-0.25, -0.2) is 4.79 Å². The molecule has 0 spiro atoms. The van der Waals surface area contributed by atoms with Gasteiger partial charge in [0.15, 0.2) is 6.10 Å². The van der Waals surface area contributed by atoms with Crippen LogP contribution in [0.25, 0.3) is 0 Å². The first-order valence-corrected chi connectivity index (χ1v) is 6.19. The van der Waals surface area contributed by atoms with Gasteiger partial charge < -0.3 is 14.9 Å². The maximum atomic E-state index is 10.4. The van der Waals surface area contributed by atoms with E-state index in [2.05, 4.69) is 19.1 Å². The number of carboxylic acid groups (broad SMARTS) is 1. The minimum atomic E-state index is -1.02. The van der Waals surface area contributed by atoms with Crippen molar-refractivity contribution in [2.75, 3.05) is 0 Å². The molecule has 2 rings (SSSR count). The van der Waals surface area contributed by atoms with E-state index in [-0.39, 0.29) is 5.75 Å². The molecule has 2 N–H and O–H groups in total. The Morgan fingerprint density at radius 1 is 1.05 bits per heavy atom. The summed E-state index contributed by atoms with van der Waals surface area (Å²) in [5.74, 6) is -0.476. The summed E-state index contributed by atoms with van der Waals surface area (Å²) in [7, 11) is 0. The first-order valence-electron chi connectivity index (χ1n) is 6.19. The SMILES string of the molecule is CC(Oc1ccc(O)cc1)C(=O)O.Cc1ccccc1. The minimum absolute atomic E-state index is 0.121. The average Bonchev–Trinajstić information content (AvgIpc) is 2.43. The first-order chi connectivity index (χ1) is 9.49. The lowest BCUT2D eigenvalue weighted by Crippen LogP contribution is -2.22. The highest BCUT2D eigenvalue weighted by Crippen LogP contribution is 2.16. The Morgan fingerprint density at radius 3 is 2.00 bits per heavy atom. The summed E-state index contributed by atoms with van der Waals surface area (Å²) in [4.78, 5) is 10.4. The molecule has 4 nitrogen and oxygen atoms in total. The molecule has 20 heavy (non-hydrogen) atoms. The lowest BCUT2D eigenvalue weighted by atomic mass is 10.2. The van der Waals surface area contributed by atoms with Crippen molar-refractivity contribution in [2.24, 2.45) is 0 Å². The number of phenols is 1. The van der Waals surface area contributed by atoms with Gasteiger partial charge in [0.1, 0.15) is 11.5 Å². The molecule has 0 aliphatic carbocycles. The maximum absolute atomic E-state index is 10.4. The van der Waals surface area contributed by atoms with Gasteiger partial charge in [-0.3, -0.25) is 0 Å². The number of ether oxygens (including phenoxy) is 1. The molecular weight excluding hydrogens is 256 g/mol. The van der Waals surface area contributed by atoms with Gasteiger partial charge in [-0.1, -0.05) is 35.9 Å². The predicted molar refractivity (Wildman–Crippen MR) is 77.0 cm³/mol. The largest absolute Gasteiger partial charge is 0.508 e. The van der Waals surface area contributed by atoms with Crippen LogP contribution in [0.1, 0.15) is 12.5 Å². The Labute approximate surface area is 118 Å². The van der Waals surface area contributed by atoms with Crippen molar-refractivity contribution in [1.82, 2.24) is 0 Å². The molecule has 0 bridgehead atoms. The zero-order chi connectivity index (χ0) is 15.0. The van der Waals surface area contributed by atoms with E-state index < -0.39 is 12.1 Å². The predicted octanol–water partition coefficient (Wildman–Crippen LogP) is 3.24. The van der Waals surface area contributed by atoms with E-state index in [1.54, 1.807) is 0 Å². The lowest BCUT2D eigenvalue weighted by Gasteiger charge is -2.09. The van der Waals surface area contributed by atoms with Crippen LogP contribution < -0.4 is 4.74 Å². The summed E-state index contributed by atoms with van der Waals surface area (Å²) in [6.07, 6.45) is -0.885. The van der Waals surface area contributed by atoms with Crippen LogP contribution in [0.4, 0.5) is 0 Å². The molecule has 4 heteroatoms. The molecule has 0 saturated heterocycles. The zero-order valence-corrected chi connectivity index (χ0v) is 11.5. The molecule has 0 fully saturated rings. The lowest BCUT2D eigenvalue weighted by molar-refractivity contribution is -0.144. The van der Waals surface area contributed by atoms with Gasteiger partial charge in [-0.2, -0.15) is 0 Å². The second-order valence-corrected chi connectivity index (χ2v) is 4.25. The fraction of sp³-hybridized carbons (Fsp3) is 0.188. The van der Waals surface area contributed by atoms with Crippen LogP contribution in [-0.2, 0) is 4.79 Å². The Kier molecular flexibility index (Phi) is 6.10. The van der Waals surface area contributed by atoms with Gasteiger partial charge in [-0.05, 0) is 38.1 Å².